The quantitative estimate of drug-likeness (QED) is 0.702. The van der Waals surface area contributed by atoms with E-state index >= 15 is 0 Å². The van der Waals surface area contributed by atoms with Crippen LogP contribution in [-0.2, 0) is 6.61 Å². The van der Waals surface area contributed by atoms with Crippen molar-refractivity contribution in [2.45, 2.75) is 20.0 Å². The molecule has 10 heteroatoms. The first-order valence-electron chi connectivity index (χ1n) is 6.82. The molecule has 0 bridgehead atoms. The Hall–Kier alpha value is -2.68. The minimum atomic E-state index is -2.57. The summed E-state index contributed by atoms with van der Waals surface area (Å²) in [4.78, 5) is 3.99. The average Bonchev–Trinajstić information content (AvgIpc) is 2.95. The Balaban J connectivity index is 1.81. The number of aryl methyl sites for hydroxylation is 1. The summed E-state index contributed by atoms with van der Waals surface area (Å²) in [5.41, 5.74) is 1.07. The van der Waals surface area contributed by atoms with Gasteiger partial charge in [0, 0.05) is 17.8 Å². The molecule has 0 saturated heterocycles. The zero-order valence-electron chi connectivity index (χ0n) is 12.4. The summed E-state index contributed by atoms with van der Waals surface area (Å²) in [7, 11) is 0. The molecule has 0 aliphatic heterocycles. The van der Waals surface area contributed by atoms with Crippen molar-refractivity contribution in [1.29, 1.82) is 0 Å². The van der Waals surface area contributed by atoms with Gasteiger partial charge in [0.15, 0.2) is 11.0 Å². The van der Waals surface area contributed by atoms with Gasteiger partial charge in [-0.3, -0.25) is 0 Å². The molecule has 124 valence electrons. The summed E-state index contributed by atoms with van der Waals surface area (Å²) in [5, 5.41) is 15.7. The smallest absolute Gasteiger partial charge is 0.265 e. The molecular formula is C14H11ClF2N6O. The summed E-state index contributed by atoms with van der Waals surface area (Å²) >= 11 is 5.66. The molecule has 3 rings (SSSR count). The predicted octanol–water partition coefficient (Wildman–Crippen LogP) is 2.93. The summed E-state index contributed by atoms with van der Waals surface area (Å²) in [6, 6.07) is 5.87. The molecule has 0 N–H and O–H groups in total. The van der Waals surface area contributed by atoms with Crippen molar-refractivity contribution in [3.8, 4) is 11.7 Å². The Morgan fingerprint density at radius 3 is 2.62 bits per heavy atom. The third-order valence-electron chi connectivity index (χ3n) is 3.16. The first-order chi connectivity index (χ1) is 11.5. The van der Waals surface area contributed by atoms with E-state index in [2.05, 4.69) is 25.5 Å². The molecule has 0 atom stereocenters. The molecular weight excluding hydrogens is 342 g/mol. The van der Waals surface area contributed by atoms with Crippen molar-refractivity contribution in [2.24, 2.45) is 0 Å². The number of hydrogen-bond acceptors (Lipinski definition) is 6. The van der Waals surface area contributed by atoms with E-state index in [1.165, 1.54) is 16.8 Å². The molecule has 0 radical (unpaired) electrons. The Bertz CT molecular complexity index is 822. The maximum Gasteiger partial charge on any atom is 0.265 e. The van der Waals surface area contributed by atoms with Gasteiger partial charge >= 0.3 is 0 Å². The molecule has 0 spiro atoms. The minimum Gasteiger partial charge on any atom is -0.470 e. The van der Waals surface area contributed by atoms with Crippen molar-refractivity contribution < 1.29 is 13.5 Å². The lowest BCUT2D eigenvalue weighted by molar-refractivity contribution is 0.151. The lowest BCUT2D eigenvalue weighted by Gasteiger charge is -2.08. The third-order valence-corrected chi connectivity index (χ3v) is 3.36. The maximum atomic E-state index is 12.6. The zero-order chi connectivity index (χ0) is 17.1. The van der Waals surface area contributed by atoms with Crippen LogP contribution in [0.1, 0.15) is 23.4 Å². The SMILES string of the molecule is Cc1nnn(-c2ccc(C(F)F)cn2)c1COc1ccc(Cl)nn1. The van der Waals surface area contributed by atoms with E-state index in [9.17, 15) is 8.78 Å². The number of hydrogen-bond donors (Lipinski definition) is 0. The van der Waals surface area contributed by atoms with Gasteiger partial charge in [0.25, 0.3) is 6.43 Å². The highest BCUT2D eigenvalue weighted by atomic mass is 35.5. The van der Waals surface area contributed by atoms with Gasteiger partial charge in [-0.25, -0.2) is 13.8 Å². The van der Waals surface area contributed by atoms with E-state index in [0.717, 1.165) is 6.20 Å². The normalized spacial score (nSPS) is 11.0. The van der Waals surface area contributed by atoms with E-state index in [4.69, 9.17) is 16.3 Å². The van der Waals surface area contributed by atoms with Gasteiger partial charge in [0.05, 0.1) is 5.69 Å². The van der Waals surface area contributed by atoms with Crippen molar-refractivity contribution in [3.63, 3.8) is 0 Å². The van der Waals surface area contributed by atoms with Crippen LogP contribution in [0, 0.1) is 6.92 Å². The number of rotatable bonds is 5. The number of alkyl halides is 2. The Morgan fingerprint density at radius 1 is 1.17 bits per heavy atom. The number of aromatic nitrogens is 6. The molecule has 3 heterocycles. The van der Waals surface area contributed by atoms with Crippen LogP contribution in [-0.4, -0.2) is 30.2 Å². The number of pyridine rings is 1. The van der Waals surface area contributed by atoms with Gasteiger partial charge in [-0.1, -0.05) is 16.8 Å². The second-order valence-corrected chi connectivity index (χ2v) is 5.15. The summed E-state index contributed by atoms with van der Waals surface area (Å²) in [5.74, 6) is 0.647. The standard InChI is InChI=1S/C14H11ClF2N6O/c1-8-10(7-24-13-5-3-11(15)20-21-13)23(22-19-8)12-4-2-9(6-18-12)14(16)17/h2-6,14H,7H2,1H3. The molecule has 0 aromatic carbocycles. The van der Waals surface area contributed by atoms with Gasteiger partial charge < -0.3 is 4.74 Å². The molecule has 7 nitrogen and oxygen atoms in total. The fraction of sp³-hybridized carbons (Fsp3) is 0.214. The highest BCUT2D eigenvalue weighted by Gasteiger charge is 2.14. The number of nitrogens with zero attached hydrogens (tertiary/aromatic N) is 6. The lowest BCUT2D eigenvalue weighted by atomic mass is 10.3. The Kier molecular flexibility index (Phi) is 4.61. The molecule has 3 aromatic heterocycles. The van der Waals surface area contributed by atoms with Crippen LogP contribution in [0.15, 0.2) is 30.5 Å². The van der Waals surface area contributed by atoms with Crippen molar-refractivity contribution in [1.82, 2.24) is 30.2 Å². The van der Waals surface area contributed by atoms with Crippen LogP contribution in [0.5, 0.6) is 5.88 Å². The van der Waals surface area contributed by atoms with Crippen LogP contribution >= 0.6 is 11.6 Å². The van der Waals surface area contributed by atoms with Gasteiger partial charge in [0.2, 0.25) is 5.88 Å². The number of halogens is 3. The predicted molar refractivity (Wildman–Crippen MR) is 80.2 cm³/mol. The van der Waals surface area contributed by atoms with Crippen LogP contribution in [0.2, 0.25) is 5.15 Å². The largest absolute Gasteiger partial charge is 0.470 e. The van der Waals surface area contributed by atoms with Crippen LogP contribution in [0.4, 0.5) is 8.78 Å². The van der Waals surface area contributed by atoms with Crippen molar-refractivity contribution in [3.05, 3.63) is 52.6 Å². The average molecular weight is 353 g/mol. The fourth-order valence-electron chi connectivity index (χ4n) is 1.90. The summed E-state index contributed by atoms with van der Waals surface area (Å²) < 4.78 is 32.2. The minimum absolute atomic E-state index is 0.105. The van der Waals surface area contributed by atoms with E-state index in [0.29, 0.717) is 17.2 Å². The van der Waals surface area contributed by atoms with E-state index in [-0.39, 0.29) is 23.2 Å². The van der Waals surface area contributed by atoms with Crippen molar-refractivity contribution in [2.75, 3.05) is 0 Å². The summed E-state index contributed by atoms with van der Waals surface area (Å²) in [6.45, 7) is 1.86. The first kappa shape index (κ1) is 16.2. The van der Waals surface area contributed by atoms with E-state index in [1.54, 1.807) is 19.1 Å². The summed E-state index contributed by atoms with van der Waals surface area (Å²) in [6.07, 6.45) is -1.47. The zero-order valence-corrected chi connectivity index (χ0v) is 13.2. The van der Waals surface area contributed by atoms with Crippen LogP contribution in [0.3, 0.4) is 0 Å². The second kappa shape index (κ2) is 6.83. The lowest BCUT2D eigenvalue weighted by Crippen LogP contribution is -2.09. The van der Waals surface area contributed by atoms with Gasteiger partial charge in [-0.15, -0.1) is 15.3 Å². The molecule has 0 unspecified atom stereocenters. The topological polar surface area (TPSA) is 78.6 Å². The molecule has 0 saturated carbocycles. The highest BCUT2D eigenvalue weighted by molar-refractivity contribution is 6.29. The molecule has 0 fully saturated rings. The van der Waals surface area contributed by atoms with Gasteiger partial charge in [0.1, 0.15) is 12.3 Å². The maximum absolute atomic E-state index is 12.6. The molecule has 0 aliphatic carbocycles. The van der Waals surface area contributed by atoms with Crippen molar-refractivity contribution >= 4 is 11.6 Å². The Labute approximate surface area is 140 Å². The molecule has 24 heavy (non-hydrogen) atoms. The molecule has 3 aromatic rings. The second-order valence-electron chi connectivity index (χ2n) is 4.77. The van der Waals surface area contributed by atoms with Gasteiger partial charge in [-0.05, 0) is 25.1 Å². The molecule has 0 amide bonds. The number of ether oxygens (including phenoxy) is 1. The third kappa shape index (κ3) is 3.46. The van der Waals surface area contributed by atoms with Gasteiger partial charge in [-0.2, -0.15) is 4.68 Å². The highest BCUT2D eigenvalue weighted by Crippen LogP contribution is 2.19. The monoisotopic (exact) mass is 352 g/mol. The Morgan fingerprint density at radius 2 is 2.00 bits per heavy atom. The van der Waals surface area contributed by atoms with E-state index < -0.39 is 6.43 Å². The first-order valence-corrected chi connectivity index (χ1v) is 7.20. The van der Waals surface area contributed by atoms with Crippen LogP contribution < -0.4 is 4.74 Å². The fourth-order valence-corrected chi connectivity index (χ4v) is 2.00. The van der Waals surface area contributed by atoms with Crippen LogP contribution in [0.25, 0.3) is 5.82 Å². The van der Waals surface area contributed by atoms with E-state index in [1.807, 2.05) is 0 Å². The molecule has 0 aliphatic rings.